The van der Waals surface area contributed by atoms with Gasteiger partial charge in [0.25, 0.3) is 0 Å². The maximum absolute atomic E-state index is 12.6. The Hall–Kier alpha value is -2.12. The number of para-hydroxylation sites is 2. The molecule has 4 rings (SSSR count). The van der Waals surface area contributed by atoms with Crippen LogP contribution in [0.5, 0.6) is 0 Å². The van der Waals surface area contributed by atoms with E-state index in [1.807, 2.05) is 24.3 Å². The molecule has 0 aliphatic carbocycles. The highest BCUT2D eigenvalue weighted by molar-refractivity contribution is 6.06. The van der Waals surface area contributed by atoms with Gasteiger partial charge in [0.05, 0.1) is 24.1 Å². The van der Waals surface area contributed by atoms with Crippen LogP contribution in [0.3, 0.4) is 0 Å². The first-order chi connectivity index (χ1) is 13.2. The number of carbonyl (C=O) groups excluding carboxylic acids is 2. The van der Waals surface area contributed by atoms with Crippen molar-refractivity contribution in [1.82, 2.24) is 4.90 Å². The molecule has 1 atom stereocenters. The highest BCUT2D eigenvalue weighted by atomic mass is 16.5. The van der Waals surface area contributed by atoms with E-state index >= 15 is 0 Å². The van der Waals surface area contributed by atoms with Crippen LogP contribution < -0.4 is 10.6 Å². The van der Waals surface area contributed by atoms with Crippen LogP contribution in [-0.2, 0) is 19.1 Å². The number of nitrogens with zero attached hydrogens (tertiary/aromatic N) is 1. The number of nitrogens with one attached hydrogen (secondary N) is 2. The van der Waals surface area contributed by atoms with Gasteiger partial charge in [-0.25, -0.2) is 0 Å². The van der Waals surface area contributed by atoms with Crippen molar-refractivity contribution in [1.29, 1.82) is 0 Å². The van der Waals surface area contributed by atoms with E-state index < -0.39 is 5.54 Å². The number of hydrogen-bond acceptors (Lipinski definition) is 5. The monoisotopic (exact) mass is 373 g/mol. The molecule has 1 spiro atoms. The average molecular weight is 373 g/mol. The highest BCUT2D eigenvalue weighted by Gasteiger charge is 2.44. The molecule has 2 fully saturated rings. The highest BCUT2D eigenvalue weighted by Crippen LogP contribution is 2.36. The van der Waals surface area contributed by atoms with Crippen LogP contribution in [0.15, 0.2) is 24.3 Å². The van der Waals surface area contributed by atoms with E-state index in [2.05, 4.69) is 10.6 Å². The predicted molar refractivity (Wildman–Crippen MR) is 102 cm³/mol. The van der Waals surface area contributed by atoms with Crippen LogP contribution in [0.2, 0.25) is 0 Å². The Kier molecular flexibility index (Phi) is 5.31. The molecule has 27 heavy (non-hydrogen) atoms. The largest absolute Gasteiger partial charge is 0.376 e. The zero-order valence-electron chi connectivity index (χ0n) is 15.5. The van der Waals surface area contributed by atoms with Crippen molar-refractivity contribution >= 4 is 23.2 Å². The summed E-state index contributed by atoms with van der Waals surface area (Å²) in [5.41, 5.74) is 1.11. The third kappa shape index (κ3) is 3.94. The molecule has 7 heteroatoms. The Morgan fingerprint density at radius 3 is 2.74 bits per heavy atom. The first-order valence-corrected chi connectivity index (χ1v) is 9.82. The summed E-state index contributed by atoms with van der Waals surface area (Å²) in [7, 11) is 0. The van der Waals surface area contributed by atoms with Gasteiger partial charge in [0.2, 0.25) is 11.8 Å². The van der Waals surface area contributed by atoms with E-state index in [9.17, 15) is 9.59 Å². The van der Waals surface area contributed by atoms with Crippen LogP contribution in [0, 0.1) is 0 Å². The van der Waals surface area contributed by atoms with E-state index in [1.165, 1.54) is 0 Å². The number of carbonyl (C=O) groups is 2. The Morgan fingerprint density at radius 1 is 1.22 bits per heavy atom. The molecule has 2 amide bonds. The van der Waals surface area contributed by atoms with Gasteiger partial charge in [-0.05, 0) is 44.2 Å². The summed E-state index contributed by atoms with van der Waals surface area (Å²) in [5.74, 6) is -0.0312. The first kappa shape index (κ1) is 18.3. The Bertz CT molecular complexity index is 694. The molecule has 3 aliphatic rings. The summed E-state index contributed by atoms with van der Waals surface area (Å²) in [5, 5.41) is 6.40. The minimum atomic E-state index is -0.637. The van der Waals surface area contributed by atoms with E-state index in [0.29, 0.717) is 32.5 Å². The lowest BCUT2D eigenvalue weighted by molar-refractivity contribution is -0.141. The molecule has 146 valence electrons. The molecule has 2 saturated heterocycles. The van der Waals surface area contributed by atoms with Crippen molar-refractivity contribution in [3.63, 3.8) is 0 Å². The van der Waals surface area contributed by atoms with Crippen LogP contribution in [0.1, 0.15) is 32.1 Å². The number of anilines is 2. The molecule has 0 radical (unpaired) electrons. The second-order valence-corrected chi connectivity index (χ2v) is 7.59. The maximum Gasteiger partial charge on any atom is 0.250 e. The van der Waals surface area contributed by atoms with Crippen LogP contribution in [-0.4, -0.2) is 61.3 Å². The Balaban J connectivity index is 1.27. The molecule has 1 aromatic carbocycles. The van der Waals surface area contributed by atoms with Gasteiger partial charge in [0, 0.05) is 19.7 Å². The average Bonchev–Trinajstić information content (AvgIpc) is 2.70. The number of likely N-dealkylation sites (tertiary alicyclic amines) is 1. The summed E-state index contributed by atoms with van der Waals surface area (Å²) < 4.78 is 11.2. The summed E-state index contributed by atoms with van der Waals surface area (Å²) in [6, 6.07) is 7.70. The summed E-state index contributed by atoms with van der Waals surface area (Å²) in [4.78, 5) is 26.9. The number of piperidine rings is 1. The number of fused-ring (bicyclic) bond motifs is 1. The Labute approximate surface area is 159 Å². The number of rotatable bonds is 4. The minimum Gasteiger partial charge on any atom is -0.376 e. The fraction of sp³-hybridized carbons (Fsp3) is 0.600. The normalized spacial score (nSPS) is 24.1. The maximum atomic E-state index is 12.6. The van der Waals surface area contributed by atoms with Gasteiger partial charge < -0.3 is 25.0 Å². The SMILES string of the molecule is O=C(COC[C@@H]1CCCCO1)N1CCC2(CC1)Nc1ccccc1NC2=O. The topological polar surface area (TPSA) is 79.9 Å². The van der Waals surface area contributed by atoms with Gasteiger partial charge in [0.1, 0.15) is 12.1 Å². The lowest BCUT2D eigenvalue weighted by atomic mass is 9.84. The smallest absolute Gasteiger partial charge is 0.250 e. The number of benzene rings is 1. The number of ether oxygens (including phenoxy) is 2. The molecule has 1 aromatic rings. The summed E-state index contributed by atoms with van der Waals surface area (Å²) in [6.07, 6.45) is 4.56. The van der Waals surface area contributed by atoms with Gasteiger partial charge in [-0.1, -0.05) is 12.1 Å². The third-order valence-corrected chi connectivity index (χ3v) is 5.76. The quantitative estimate of drug-likeness (QED) is 0.844. The van der Waals surface area contributed by atoms with E-state index in [4.69, 9.17) is 9.47 Å². The second-order valence-electron chi connectivity index (χ2n) is 7.59. The molecule has 3 aliphatic heterocycles. The van der Waals surface area contributed by atoms with Crippen molar-refractivity contribution in [2.45, 2.75) is 43.7 Å². The van der Waals surface area contributed by atoms with Gasteiger partial charge in [-0.3, -0.25) is 9.59 Å². The van der Waals surface area contributed by atoms with Crippen molar-refractivity contribution in [2.24, 2.45) is 0 Å². The Morgan fingerprint density at radius 2 is 2.00 bits per heavy atom. The molecule has 2 N–H and O–H groups in total. The zero-order chi connectivity index (χ0) is 18.7. The standard InChI is InChI=1S/C20H27N3O4/c24-18(14-26-13-15-5-3-4-12-27-15)23-10-8-20(9-11-23)19(25)21-16-6-1-2-7-17(16)22-20/h1-2,6-7,15,22H,3-5,8-14H2,(H,21,25)/t15-/m0/s1. The van der Waals surface area contributed by atoms with Gasteiger partial charge in [-0.2, -0.15) is 0 Å². The van der Waals surface area contributed by atoms with Crippen LogP contribution in [0.4, 0.5) is 11.4 Å². The number of hydrogen-bond donors (Lipinski definition) is 2. The molecule has 7 nitrogen and oxygen atoms in total. The van der Waals surface area contributed by atoms with Crippen molar-refractivity contribution in [3.05, 3.63) is 24.3 Å². The predicted octanol–water partition coefficient (Wildman–Crippen LogP) is 2.00. The number of amides is 2. The van der Waals surface area contributed by atoms with E-state index in [0.717, 1.165) is 37.2 Å². The van der Waals surface area contributed by atoms with Crippen molar-refractivity contribution < 1.29 is 19.1 Å². The molecule has 3 heterocycles. The van der Waals surface area contributed by atoms with E-state index in [1.54, 1.807) is 4.90 Å². The summed E-state index contributed by atoms with van der Waals surface area (Å²) in [6.45, 7) is 2.43. The van der Waals surface area contributed by atoms with Gasteiger partial charge >= 0.3 is 0 Å². The third-order valence-electron chi connectivity index (χ3n) is 5.76. The first-order valence-electron chi connectivity index (χ1n) is 9.82. The van der Waals surface area contributed by atoms with Gasteiger partial charge in [0.15, 0.2) is 0 Å². The molecule has 0 aromatic heterocycles. The molecular weight excluding hydrogens is 346 g/mol. The van der Waals surface area contributed by atoms with Crippen molar-refractivity contribution in [2.75, 3.05) is 43.5 Å². The van der Waals surface area contributed by atoms with Crippen LogP contribution >= 0.6 is 0 Å². The fourth-order valence-corrected chi connectivity index (χ4v) is 4.06. The molecule has 0 saturated carbocycles. The fourth-order valence-electron chi connectivity index (χ4n) is 4.06. The molecule has 0 unspecified atom stereocenters. The second kappa shape index (κ2) is 7.86. The van der Waals surface area contributed by atoms with Crippen LogP contribution in [0.25, 0.3) is 0 Å². The van der Waals surface area contributed by atoms with E-state index in [-0.39, 0.29) is 24.5 Å². The molecular formula is C20H27N3O4. The molecule has 0 bridgehead atoms. The van der Waals surface area contributed by atoms with Gasteiger partial charge in [-0.15, -0.1) is 0 Å². The summed E-state index contributed by atoms with van der Waals surface area (Å²) >= 11 is 0. The lowest BCUT2D eigenvalue weighted by Crippen LogP contribution is -2.59. The minimum absolute atomic E-state index is 0.0148. The zero-order valence-corrected chi connectivity index (χ0v) is 15.5. The lowest BCUT2D eigenvalue weighted by Gasteiger charge is -2.44. The van der Waals surface area contributed by atoms with Crippen molar-refractivity contribution in [3.8, 4) is 0 Å².